The molecular formula is C18H11BrF3NO2. The number of halogens is 4. The third kappa shape index (κ3) is 3.93. The summed E-state index contributed by atoms with van der Waals surface area (Å²) in [5.41, 5.74) is -0.448. The van der Waals surface area contributed by atoms with Crippen molar-refractivity contribution < 1.29 is 22.7 Å². The molecule has 0 aliphatic carbocycles. The lowest BCUT2D eigenvalue weighted by Gasteiger charge is -2.09. The van der Waals surface area contributed by atoms with Gasteiger partial charge >= 0.3 is 0 Å². The van der Waals surface area contributed by atoms with Crippen molar-refractivity contribution in [2.24, 2.45) is 0 Å². The van der Waals surface area contributed by atoms with E-state index in [1.165, 1.54) is 0 Å². The molecule has 3 aromatic rings. The first kappa shape index (κ1) is 17.3. The van der Waals surface area contributed by atoms with E-state index in [2.05, 4.69) is 21.2 Å². The molecule has 3 aromatic carbocycles. The SMILES string of the molecule is O=C(COc1ccc2cc(Br)ccc2c1)Nc1ccc(F)c(F)c1F. The molecule has 0 heterocycles. The number of carbonyl (C=O) groups is 1. The Bertz CT molecular complexity index is 962. The fourth-order valence-corrected chi connectivity index (χ4v) is 2.62. The Balaban J connectivity index is 1.66. The third-order valence-corrected chi connectivity index (χ3v) is 3.95. The van der Waals surface area contributed by atoms with Crippen LogP contribution in [0.15, 0.2) is 53.0 Å². The van der Waals surface area contributed by atoms with E-state index in [1.807, 2.05) is 24.3 Å². The van der Waals surface area contributed by atoms with Gasteiger partial charge in [0.15, 0.2) is 24.1 Å². The van der Waals surface area contributed by atoms with Crippen LogP contribution in [-0.4, -0.2) is 12.5 Å². The van der Waals surface area contributed by atoms with Gasteiger partial charge in [-0.05, 0) is 47.2 Å². The second kappa shape index (κ2) is 7.14. The molecule has 0 radical (unpaired) electrons. The highest BCUT2D eigenvalue weighted by atomic mass is 79.9. The number of hydrogen-bond acceptors (Lipinski definition) is 2. The second-order valence-electron chi connectivity index (χ2n) is 5.21. The van der Waals surface area contributed by atoms with Gasteiger partial charge in [-0.1, -0.05) is 28.1 Å². The topological polar surface area (TPSA) is 38.3 Å². The van der Waals surface area contributed by atoms with Crippen molar-refractivity contribution in [1.82, 2.24) is 0 Å². The zero-order valence-electron chi connectivity index (χ0n) is 12.7. The van der Waals surface area contributed by atoms with Crippen LogP contribution in [0.25, 0.3) is 10.8 Å². The minimum absolute atomic E-state index is 0.402. The predicted octanol–water partition coefficient (Wildman–Crippen LogP) is 5.04. The van der Waals surface area contributed by atoms with Crippen molar-refractivity contribution in [1.29, 1.82) is 0 Å². The van der Waals surface area contributed by atoms with Gasteiger partial charge in [0.05, 0.1) is 5.69 Å². The van der Waals surface area contributed by atoms with Crippen LogP contribution in [-0.2, 0) is 4.79 Å². The van der Waals surface area contributed by atoms with Gasteiger partial charge in [0.2, 0.25) is 0 Å². The monoisotopic (exact) mass is 409 g/mol. The Morgan fingerprint density at radius 3 is 2.48 bits per heavy atom. The number of carbonyl (C=O) groups excluding carboxylic acids is 1. The number of fused-ring (bicyclic) bond motifs is 1. The van der Waals surface area contributed by atoms with Crippen LogP contribution >= 0.6 is 15.9 Å². The maximum Gasteiger partial charge on any atom is 0.262 e. The van der Waals surface area contributed by atoms with E-state index >= 15 is 0 Å². The molecule has 0 aliphatic rings. The van der Waals surface area contributed by atoms with Gasteiger partial charge in [0, 0.05) is 4.47 Å². The fourth-order valence-electron chi connectivity index (χ4n) is 2.24. The molecule has 0 unspecified atom stereocenters. The lowest BCUT2D eigenvalue weighted by Crippen LogP contribution is -2.21. The first-order valence-corrected chi connectivity index (χ1v) is 7.99. The molecule has 0 spiro atoms. The van der Waals surface area contributed by atoms with Gasteiger partial charge in [0.25, 0.3) is 5.91 Å². The molecule has 25 heavy (non-hydrogen) atoms. The Morgan fingerprint density at radius 1 is 0.960 bits per heavy atom. The molecule has 3 rings (SSSR count). The van der Waals surface area contributed by atoms with E-state index < -0.39 is 35.7 Å². The van der Waals surface area contributed by atoms with Crippen molar-refractivity contribution in [2.75, 3.05) is 11.9 Å². The predicted molar refractivity (Wildman–Crippen MR) is 92.1 cm³/mol. The van der Waals surface area contributed by atoms with E-state index in [1.54, 1.807) is 12.1 Å². The number of rotatable bonds is 4. The van der Waals surface area contributed by atoms with Crippen LogP contribution in [0.3, 0.4) is 0 Å². The van der Waals surface area contributed by atoms with E-state index in [-0.39, 0.29) is 0 Å². The van der Waals surface area contributed by atoms with Crippen LogP contribution in [0.5, 0.6) is 5.75 Å². The van der Waals surface area contributed by atoms with E-state index in [4.69, 9.17) is 4.74 Å². The molecule has 0 bridgehead atoms. The molecular weight excluding hydrogens is 399 g/mol. The van der Waals surface area contributed by atoms with Gasteiger partial charge in [-0.25, -0.2) is 13.2 Å². The average Bonchev–Trinajstić information content (AvgIpc) is 2.60. The molecule has 3 nitrogen and oxygen atoms in total. The molecule has 0 atom stereocenters. The van der Waals surface area contributed by atoms with Crippen molar-refractivity contribution in [2.45, 2.75) is 0 Å². The molecule has 0 saturated heterocycles. The van der Waals surface area contributed by atoms with Crippen molar-refractivity contribution >= 4 is 38.3 Å². The molecule has 0 aromatic heterocycles. The lowest BCUT2D eigenvalue weighted by atomic mass is 10.1. The summed E-state index contributed by atoms with van der Waals surface area (Å²) in [5, 5.41) is 4.06. The largest absolute Gasteiger partial charge is 0.484 e. The Kier molecular flexibility index (Phi) is 4.94. The first-order valence-electron chi connectivity index (χ1n) is 7.19. The Morgan fingerprint density at radius 2 is 1.68 bits per heavy atom. The van der Waals surface area contributed by atoms with Crippen LogP contribution in [0, 0.1) is 17.5 Å². The standard InChI is InChI=1S/C18H11BrF3NO2/c19-12-3-1-11-8-13(4-2-10(11)7-12)25-9-16(24)23-15-6-5-14(20)17(21)18(15)22/h1-8H,9H2,(H,23,24). The number of anilines is 1. The van der Waals surface area contributed by atoms with Crippen LogP contribution in [0.4, 0.5) is 18.9 Å². The summed E-state index contributed by atoms with van der Waals surface area (Å²) in [7, 11) is 0. The summed E-state index contributed by atoms with van der Waals surface area (Å²) in [6.45, 7) is -0.402. The number of amides is 1. The maximum absolute atomic E-state index is 13.5. The van der Waals surface area contributed by atoms with Crippen LogP contribution in [0.2, 0.25) is 0 Å². The van der Waals surface area contributed by atoms with E-state index in [0.29, 0.717) is 5.75 Å². The zero-order chi connectivity index (χ0) is 18.0. The van der Waals surface area contributed by atoms with Gasteiger partial charge in [0.1, 0.15) is 5.75 Å². The van der Waals surface area contributed by atoms with E-state index in [9.17, 15) is 18.0 Å². The summed E-state index contributed by atoms with van der Waals surface area (Å²) in [5.74, 6) is -4.66. The van der Waals surface area contributed by atoms with Crippen molar-refractivity contribution in [3.63, 3.8) is 0 Å². The summed E-state index contributed by atoms with van der Waals surface area (Å²) < 4.78 is 45.8. The summed E-state index contributed by atoms with van der Waals surface area (Å²) in [4.78, 5) is 11.8. The quantitative estimate of drug-likeness (QED) is 0.613. The Labute approximate surface area is 149 Å². The van der Waals surface area contributed by atoms with Gasteiger partial charge in [-0.3, -0.25) is 4.79 Å². The number of hydrogen-bond donors (Lipinski definition) is 1. The van der Waals surface area contributed by atoms with Gasteiger partial charge in [-0.15, -0.1) is 0 Å². The molecule has 0 saturated carbocycles. The van der Waals surface area contributed by atoms with Crippen LogP contribution < -0.4 is 10.1 Å². The van der Waals surface area contributed by atoms with Crippen LogP contribution in [0.1, 0.15) is 0 Å². The van der Waals surface area contributed by atoms with Gasteiger partial charge in [-0.2, -0.15) is 0 Å². The molecule has 7 heteroatoms. The lowest BCUT2D eigenvalue weighted by molar-refractivity contribution is -0.118. The first-order chi connectivity index (χ1) is 11.9. The smallest absolute Gasteiger partial charge is 0.262 e. The molecule has 1 amide bonds. The summed E-state index contributed by atoms with van der Waals surface area (Å²) in [6.07, 6.45) is 0. The summed E-state index contributed by atoms with van der Waals surface area (Å²) in [6, 6.07) is 12.7. The normalized spacial score (nSPS) is 10.7. The third-order valence-electron chi connectivity index (χ3n) is 3.45. The summed E-state index contributed by atoms with van der Waals surface area (Å²) >= 11 is 3.38. The molecule has 0 fully saturated rings. The maximum atomic E-state index is 13.5. The fraction of sp³-hybridized carbons (Fsp3) is 0.0556. The highest BCUT2D eigenvalue weighted by Gasteiger charge is 2.15. The Hall–Kier alpha value is -2.54. The number of nitrogens with one attached hydrogen (secondary N) is 1. The van der Waals surface area contributed by atoms with Gasteiger partial charge < -0.3 is 10.1 Å². The average molecular weight is 410 g/mol. The van der Waals surface area contributed by atoms with Crippen molar-refractivity contribution in [3.8, 4) is 5.75 Å². The number of ether oxygens (including phenoxy) is 1. The zero-order valence-corrected chi connectivity index (χ0v) is 14.2. The molecule has 128 valence electrons. The molecule has 0 aliphatic heterocycles. The van der Waals surface area contributed by atoms with E-state index in [0.717, 1.165) is 27.4 Å². The minimum atomic E-state index is -1.64. The molecule has 1 N–H and O–H groups in total. The number of benzene rings is 3. The minimum Gasteiger partial charge on any atom is -0.484 e. The highest BCUT2D eigenvalue weighted by Crippen LogP contribution is 2.24. The second-order valence-corrected chi connectivity index (χ2v) is 6.13. The highest BCUT2D eigenvalue weighted by molar-refractivity contribution is 9.10. The van der Waals surface area contributed by atoms with Crippen molar-refractivity contribution in [3.05, 3.63) is 70.5 Å².